The SMILES string of the molecule is CCC(C)(C)C1CCC(C(C)O)CC1. The second-order valence-electron chi connectivity index (χ2n) is 5.69. The molecule has 0 saturated heterocycles. The molecule has 0 amide bonds. The van der Waals surface area contributed by atoms with Gasteiger partial charge in [0.25, 0.3) is 0 Å². The van der Waals surface area contributed by atoms with Crippen LogP contribution < -0.4 is 0 Å². The molecule has 0 aromatic carbocycles. The number of aliphatic hydroxyl groups is 1. The van der Waals surface area contributed by atoms with Gasteiger partial charge in [0, 0.05) is 0 Å². The molecule has 14 heavy (non-hydrogen) atoms. The summed E-state index contributed by atoms with van der Waals surface area (Å²) < 4.78 is 0. The van der Waals surface area contributed by atoms with Crippen LogP contribution in [0.25, 0.3) is 0 Å². The predicted molar refractivity (Wildman–Crippen MR) is 61.2 cm³/mol. The fourth-order valence-electron chi connectivity index (χ4n) is 2.67. The lowest BCUT2D eigenvalue weighted by molar-refractivity contribution is 0.0583. The van der Waals surface area contributed by atoms with Crippen molar-refractivity contribution in [2.75, 3.05) is 0 Å². The van der Waals surface area contributed by atoms with E-state index in [0.29, 0.717) is 11.3 Å². The quantitative estimate of drug-likeness (QED) is 0.734. The molecule has 1 nitrogen and oxygen atoms in total. The van der Waals surface area contributed by atoms with Gasteiger partial charge in [-0.3, -0.25) is 0 Å². The summed E-state index contributed by atoms with van der Waals surface area (Å²) in [6.45, 7) is 9.01. The van der Waals surface area contributed by atoms with Crippen molar-refractivity contribution in [1.82, 2.24) is 0 Å². The maximum absolute atomic E-state index is 9.52. The van der Waals surface area contributed by atoms with Crippen LogP contribution in [-0.4, -0.2) is 11.2 Å². The van der Waals surface area contributed by atoms with E-state index in [1.54, 1.807) is 0 Å². The fourth-order valence-corrected chi connectivity index (χ4v) is 2.67. The van der Waals surface area contributed by atoms with E-state index < -0.39 is 0 Å². The van der Waals surface area contributed by atoms with E-state index in [1.807, 2.05) is 6.92 Å². The number of hydrogen-bond donors (Lipinski definition) is 1. The van der Waals surface area contributed by atoms with Crippen LogP contribution in [0, 0.1) is 17.3 Å². The Balaban J connectivity index is 2.43. The third-order valence-electron chi connectivity index (χ3n) is 4.47. The minimum atomic E-state index is -0.0966. The van der Waals surface area contributed by atoms with E-state index in [1.165, 1.54) is 32.1 Å². The minimum absolute atomic E-state index is 0.0966. The lowest BCUT2D eigenvalue weighted by Gasteiger charge is -2.39. The summed E-state index contributed by atoms with van der Waals surface area (Å²) in [5.41, 5.74) is 0.504. The Hall–Kier alpha value is -0.0400. The normalized spacial score (nSPS) is 31.5. The van der Waals surface area contributed by atoms with E-state index >= 15 is 0 Å². The molecule has 1 N–H and O–H groups in total. The first-order valence-electron chi connectivity index (χ1n) is 6.15. The van der Waals surface area contributed by atoms with Gasteiger partial charge in [-0.25, -0.2) is 0 Å². The van der Waals surface area contributed by atoms with Crippen molar-refractivity contribution in [3.05, 3.63) is 0 Å². The molecule has 0 aliphatic heterocycles. The Labute approximate surface area is 88.9 Å². The number of rotatable bonds is 3. The van der Waals surface area contributed by atoms with Crippen LogP contribution >= 0.6 is 0 Å². The lowest BCUT2D eigenvalue weighted by atomic mass is 9.67. The Morgan fingerprint density at radius 3 is 2.07 bits per heavy atom. The fraction of sp³-hybridized carbons (Fsp3) is 1.00. The zero-order valence-electron chi connectivity index (χ0n) is 10.2. The molecule has 0 aromatic rings. The van der Waals surface area contributed by atoms with Gasteiger partial charge in [-0.15, -0.1) is 0 Å². The van der Waals surface area contributed by atoms with Crippen LogP contribution in [0.4, 0.5) is 0 Å². The zero-order chi connectivity index (χ0) is 10.8. The molecule has 0 spiro atoms. The van der Waals surface area contributed by atoms with E-state index in [2.05, 4.69) is 20.8 Å². The smallest absolute Gasteiger partial charge is 0.0540 e. The summed E-state index contributed by atoms with van der Waals surface area (Å²) in [5, 5.41) is 9.52. The Morgan fingerprint density at radius 1 is 1.21 bits per heavy atom. The average Bonchev–Trinajstić information content (AvgIpc) is 2.18. The Bertz CT molecular complexity index is 164. The van der Waals surface area contributed by atoms with Crippen LogP contribution in [0.5, 0.6) is 0 Å². The van der Waals surface area contributed by atoms with E-state index in [-0.39, 0.29) is 6.10 Å². The topological polar surface area (TPSA) is 20.2 Å². The number of hydrogen-bond acceptors (Lipinski definition) is 1. The van der Waals surface area contributed by atoms with Crippen molar-refractivity contribution >= 4 is 0 Å². The van der Waals surface area contributed by atoms with Gasteiger partial charge >= 0.3 is 0 Å². The maximum Gasteiger partial charge on any atom is 0.0540 e. The van der Waals surface area contributed by atoms with Gasteiger partial charge in [-0.1, -0.05) is 27.2 Å². The Kier molecular flexibility index (Phi) is 4.00. The molecule has 1 aliphatic carbocycles. The van der Waals surface area contributed by atoms with Gasteiger partial charge in [0.05, 0.1) is 6.10 Å². The molecule has 1 aliphatic rings. The van der Waals surface area contributed by atoms with Crippen LogP contribution in [0.1, 0.15) is 59.8 Å². The predicted octanol–water partition coefficient (Wildman–Crippen LogP) is 3.61. The van der Waals surface area contributed by atoms with Crippen LogP contribution in [0.15, 0.2) is 0 Å². The minimum Gasteiger partial charge on any atom is -0.393 e. The van der Waals surface area contributed by atoms with Gasteiger partial charge in [-0.2, -0.15) is 0 Å². The first-order valence-corrected chi connectivity index (χ1v) is 6.15. The molecule has 1 fully saturated rings. The molecule has 0 aromatic heterocycles. The highest BCUT2D eigenvalue weighted by atomic mass is 16.3. The molecule has 1 unspecified atom stereocenters. The average molecular weight is 198 g/mol. The van der Waals surface area contributed by atoms with E-state index in [4.69, 9.17) is 0 Å². The maximum atomic E-state index is 9.52. The van der Waals surface area contributed by atoms with Crippen molar-refractivity contribution in [2.24, 2.45) is 17.3 Å². The van der Waals surface area contributed by atoms with Gasteiger partial charge in [0.15, 0.2) is 0 Å². The standard InChI is InChI=1S/C13H26O/c1-5-13(3,4)12-8-6-11(7-9-12)10(2)14/h10-12,14H,5-9H2,1-4H3. The second kappa shape index (κ2) is 4.65. The highest BCUT2D eigenvalue weighted by Gasteiger charge is 2.32. The molecule has 0 bridgehead atoms. The molecule has 1 rings (SSSR count). The number of aliphatic hydroxyl groups excluding tert-OH is 1. The molecular formula is C13H26O. The second-order valence-corrected chi connectivity index (χ2v) is 5.69. The summed E-state index contributed by atoms with van der Waals surface area (Å²) in [5.74, 6) is 1.45. The summed E-state index contributed by atoms with van der Waals surface area (Å²) in [4.78, 5) is 0. The first-order chi connectivity index (χ1) is 6.47. The van der Waals surface area contributed by atoms with Crippen molar-refractivity contribution in [3.63, 3.8) is 0 Å². The van der Waals surface area contributed by atoms with E-state index in [0.717, 1.165) is 5.92 Å². The summed E-state index contributed by atoms with van der Waals surface area (Å²) in [6.07, 6.45) is 6.27. The molecule has 0 radical (unpaired) electrons. The monoisotopic (exact) mass is 198 g/mol. The zero-order valence-corrected chi connectivity index (χ0v) is 10.2. The van der Waals surface area contributed by atoms with E-state index in [9.17, 15) is 5.11 Å². The third kappa shape index (κ3) is 2.73. The Morgan fingerprint density at radius 2 is 1.71 bits per heavy atom. The van der Waals surface area contributed by atoms with Gasteiger partial charge < -0.3 is 5.11 Å². The molecule has 1 saturated carbocycles. The lowest BCUT2D eigenvalue weighted by Crippen LogP contribution is -2.30. The largest absolute Gasteiger partial charge is 0.393 e. The molecule has 84 valence electrons. The van der Waals surface area contributed by atoms with Crippen molar-refractivity contribution in [2.45, 2.75) is 65.9 Å². The van der Waals surface area contributed by atoms with Gasteiger partial charge in [0.1, 0.15) is 0 Å². The summed E-state index contributed by atoms with van der Waals surface area (Å²) >= 11 is 0. The van der Waals surface area contributed by atoms with Crippen LogP contribution in [-0.2, 0) is 0 Å². The van der Waals surface area contributed by atoms with Crippen LogP contribution in [0.3, 0.4) is 0 Å². The third-order valence-corrected chi connectivity index (χ3v) is 4.47. The van der Waals surface area contributed by atoms with Crippen LogP contribution in [0.2, 0.25) is 0 Å². The van der Waals surface area contributed by atoms with Gasteiger partial charge in [-0.05, 0) is 49.9 Å². The molecular weight excluding hydrogens is 172 g/mol. The summed E-state index contributed by atoms with van der Waals surface area (Å²) in [6, 6.07) is 0. The van der Waals surface area contributed by atoms with Crippen molar-refractivity contribution < 1.29 is 5.11 Å². The summed E-state index contributed by atoms with van der Waals surface area (Å²) in [7, 11) is 0. The highest BCUT2D eigenvalue weighted by molar-refractivity contribution is 4.83. The molecule has 0 heterocycles. The first kappa shape index (κ1) is 12.0. The molecule has 1 heteroatoms. The highest BCUT2D eigenvalue weighted by Crippen LogP contribution is 2.42. The van der Waals surface area contributed by atoms with Crippen molar-refractivity contribution in [3.8, 4) is 0 Å². The van der Waals surface area contributed by atoms with Crippen molar-refractivity contribution in [1.29, 1.82) is 0 Å². The molecule has 1 atom stereocenters. The van der Waals surface area contributed by atoms with Gasteiger partial charge in [0.2, 0.25) is 0 Å².